The van der Waals surface area contributed by atoms with Crippen LogP contribution in [0.3, 0.4) is 0 Å². The van der Waals surface area contributed by atoms with Crippen molar-refractivity contribution in [3.8, 4) is 0 Å². The third kappa shape index (κ3) is 7.68. The summed E-state index contributed by atoms with van der Waals surface area (Å²) >= 11 is 1.43. The van der Waals surface area contributed by atoms with Crippen molar-refractivity contribution >= 4 is 33.2 Å². The van der Waals surface area contributed by atoms with Crippen LogP contribution >= 0.6 is 11.8 Å². The molecule has 27 heavy (non-hydrogen) atoms. The molecule has 0 aliphatic heterocycles. The Hall–Kier alpha value is -1.93. The molecule has 0 aliphatic rings. The Bertz CT molecular complexity index is 861. The molecule has 0 unspecified atom stereocenters. The number of rotatable bonds is 9. The van der Waals surface area contributed by atoms with Crippen LogP contribution in [0.25, 0.3) is 0 Å². The van der Waals surface area contributed by atoms with Gasteiger partial charge in [-0.15, -0.1) is 0 Å². The summed E-state index contributed by atoms with van der Waals surface area (Å²) in [6.45, 7) is 5.86. The van der Waals surface area contributed by atoms with E-state index in [1.54, 1.807) is 12.1 Å². The molecule has 2 aromatic rings. The standard InChI is InChI=1S/C19H25N3O3S2/c1-4-5-6-11-27(24,25)13-18(23)22-16-7-9-17(10-8-16)26-19-20-14(2)12-15(3)21-19/h7-10,12H,4-6,11,13H2,1-3H3,(H,22,23). The highest BCUT2D eigenvalue weighted by atomic mass is 32.2. The first kappa shape index (κ1) is 21.4. The van der Waals surface area contributed by atoms with Crippen molar-refractivity contribution < 1.29 is 13.2 Å². The van der Waals surface area contributed by atoms with Crippen molar-refractivity contribution in [1.29, 1.82) is 0 Å². The first-order valence-electron chi connectivity index (χ1n) is 8.88. The van der Waals surface area contributed by atoms with Gasteiger partial charge in [-0.05, 0) is 62.4 Å². The first-order valence-corrected chi connectivity index (χ1v) is 11.5. The van der Waals surface area contributed by atoms with Gasteiger partial charge in [0.1, 0.15) is 5.75 Å². The van der Waals surface area contributed by atoms with E-state index in [-0.39, 0.29) is 5.75 Å². The number of sulfone groups is 1. The Morgan fingerprint density at radius 2 is 1.70 bits per heavy atom. The summed E-state index contributed by atoms with van der Waals surface area (Å²) in [4.78, 5) is 21.7. The van der Waals surface area contributed by atoms with Gasteiger partial charge in [0.15, 0.2) is 15.0 Å². The smallest absolute Gasteiger partial charge is 0.239 e. The molecular formula is C19H25N3O3S2. The Morgan fingerprint density at radius 1 is 1.07 bits per heavy atom. The molecule has 0 saturated carbocycles. The topological polar surface area (TPSA) is 89.0 Å². The number of amides is 1. The van der Waals surface area contributed by atoms with Gasteiger partial charge in [-0.3, -0.25) is 4.79 Å². The van der Waals surface area contributed by atoms with E-state index in [4.69, 9.17) is 0 Å². The molecule has 0 radical (unpaired) electrons. The normalized spacial score (nSPS) is 11.4. The fourth-order valence-electron chi connectivity index (χ4n) is 2.49. The second-order valence-electron chi connectivity index (χ2n) is 6.41. The van der Waals surface area contributed by atoms with Crippen LogP contribution < -0.4 is 5.32 Å². The number of nitrogens with one attached hydrogen (secondary N) is 1. The maximum atomic E-state index is 12.0. The second kappa shape index (κ2) is 9.85. The van der Waals surface area contributed by atoms with Crippen LogP contribution in [0.2, 0.25) is 0 Å². The van der Waals surface area contributed by atoms with Crippen LogP contribution in [0.1, 0.15) is 37.6 Å². The predicted molar refractivity (Wildman–Crippen MR) is 109 cm³/mol. The maximum absolute atomic E-state index is 12.0. The summed E-state index contributed by atoms with van der Waals surface area (Å²) in [5, 5.41) is 3.31. The monoisotopic (exact) mass is 407 g/mol. The quantitative estimate of drug-likeness (QED) is 0.502. The van der Waals surface area contributed by atoms with Gasteiger partial charge in [-0.25, -0.2) is 18.4 Å². The lowest BCUT2D eigenvalue weighted by molar-refractivity contribution is -0.113. The molecule has 8 heteroatoms. The Morgan fingerprint density at radius 3 is 2.30 bits per heavy atom. The second-order valence-corrected chi connectivity index (χ2v) is 9.63. The van der Waals surface area contributed by atoms with E-state index in [9.17, 15) is 13.2 Å². The molecule has 0 bridgehead atoms. The van der Waals surface area contributed by atoms with Crippen molar-refractivity contribution in [2.75, 3.05) is 16.8 Å². The van der Waals surface area contributed by atoms with Crippen molar-refractivity contribution in [2.45, 2.75) is 50.1 Å². The lowest BCUT2D eigenvalue weighted by Gasteiger charge is -2.07. The number of nitrogens with zero attached hydrogens (tertiary/aromatic N) is 2. The van der Waals surface area contributed by atoms with E-state index in [1.165, 1.54) is 11.8 Å². The summed E-state index contributed by atoms with van der Waals surface area (Å²) in [6, 6.07) is 9.09. The third-order valence-corrected chi connectivity index (χ3v) is 6.20. The Balaban J connectivity index is 1.92. The van der Waals surface area contributed by atoms with Crippen LogP contribution in [0.4, 0.5) is 5.69 Å². The van der Waals surface area contributed by atoms with Crippen LogP contribution in [0, 0.1) is 13.8 Å². The fraction of sp³-hybridized carbons (Fsp3) is 0.421. The van der Waals surface area contributed by atoms with Crippen LogP contribution in [-0.2, 0) is 14.6 Å². The summed E-state index contributed by atoms with van der Waals surface area (Å²) in [6.07, 6.45) is 2.39. The van der Waals surface area contributed by atoms with Gasteiger partial charge in [0.05, 0.1) is 5.75 Å². The van der Waals surface area contributed by atoms with E-state index < -0.39 is 21.5 Å². The molecular weight excluding hydrogens is 382 g/mol. The molecule has 0 fully saturated rings. The van der Waals surface area contributed by atoms with Crippen LogP contribution in [-0.4, -0.2) is 35.8 Å². The molecule has 1 N–H and O–H groups in total. The number of aryl methyl sites for hydroxylation is 2. The summed E-state index contributed by atoms with van der Waals surface area (Å²) in [5.74, 6) is -0.937. The zero-order valence-corrected chi connectivity index (χ0v) is 17.5. The van der Waals surface area contributed by atoms with Gasteiger partial charge >= 0.3 is 0 Å². The van der Waals surface area contributed by atoms with E-state index >= 15 is 0 Å². The highest BCUT2D eigenvalue weighted by Crippen LogP contribution is 2.26. The average molecular weight is 408 g/mol. The summed E-state index contributed by atoms with van der Waals surface area (Å²) < 4.78 is 23.9. The number of unbranched alkanes of at least 4 members (excludes halogenated alkanes) is 2. The van der Waals surface area contributed by atoms with Crippen molar-refractivity contribution in [3.63, 3.8) is 0 Å². The first-order chi connectivity index (χ1) is 12.8. The summed E-state index contributed by atoms with van der Waals surface area (Å²) in [5.41, 5.74) is 2.39. The van der Waals surface area contributed by atoms with Crippen molar-refractivity contribution in [3.05, 3.63) is 41.7 Å². The van der Waals surface area contributed by atoms with E-state index in [0.29, 0.717) is 17.3 Å². The maximum Gasteiger partial charge on any atom is 0.239 e. The number of carbonyl (C=O) groups is 1. The zero-order chi connectivity index (χ0) is 19.9. The Labute approximate surface area is 165 Å². The zero-order valence-electron chi connectivity index (χ0n) is 15.9. The molecule has 1 aromatic carbocycles. The summed E-state index contributed by atoms with van der Waals surface area (Å²) in [7, 11) is -3.36. The molecule has 1 amide bonds. The van der Waals surface area contributed by atoms with Crippen LogP contribution in [0.15, 0.2) is 40.4 Å². The largest absolute Gasteiger partial charge is 0.325 e. The molecule has 6 nitrogen and oxygen atoms in total. The molecule has 1 heterocycles. The molecule has 0 spiro atoms. The number of hydrogen-bond acceptors (Lipinski definition) is 6. The van der Waals surface area contributed by atoms with E-state index in [2.05, 4.69) is 15.3 Å². The van der Waals surface area contributed by atoms with Gasteiger partial charge in [0.25, 0.3) is 0 Å². The fourth-order valence-corrected chi connectivity index (χ4v) is 4.61. The molecule has 1 aromatic heterocycles. The van der Waals surface area contributed by atoms with Gasteiger partial charge in [0, 0.05) is 22.0 Å². The SMILES string of the molecule is CCCCCS(=O)(=O)CC(=O)Nc1ccc(Sc2nc(C)cc(C)n2)cc1. The molecule has 0 saturated heterocycles. The molecule has 0 aliphatic carbocycles. The number of hydrogen-bond donors (Lipinski definition) is 1. The predicted octanol–water partition coefficient (Wildman–Crippen LogP) is 3.79. The van der Waals surface area contributed by atoms with Crippen LogP contribution in [0.5, 0.6) is 0 Å². The minimum atomic E-state index is -3.36. The number of carbonyl (C=O) groups excluding carboxylic acids is 1. The Kier molecular flexibility index (Phi) is 7.79. The molecule has 2 rings (SSSR count). The molecule has 0 atom stereocenters. The average Bonchev–Trinajstić information content (AvgIpc) is 2.55. The van der Waals surface area contributed by atoms with Crippen molar-refractivity contribution in [2.24, 2.45) is 0 Å². The highest BCUT2D eigenvalue weighted by molar-refractivity contribution is 7.99. The molecule has 146 valence electrons. The lowest BCUT2D eigenvalue weighted by atomic mass is 10.3. The van der Waals surface area contributed by atoms with Crippen molar-refractivity contribution in [1.82, 2.24) is 9.97 Å². The van der Waals surface area contributed by atoms with E-state index in [1.807, 2.05) is 39.0 Å². The highest BCUT2D eigenvalue weighted by Gasteiger charge is 2.16. The van der Waals surface area contributed by atoms with Gasteiger partial charge in [-0.2, -0.15) is 0 Å². The third-order valence-electron chi connectivity index (χ3n) is 3.72. The minimum absolute atomic E-state index is 0.0553. The lowest BCUT2D eigenvalue weighted by Crippen LogP contribution is -2.24. The number of anilines is 1. The van der Waals surface area contributed by atoms with Gasteiger partial charge in [-0.1, -0.05) is 19.8 Å². The van der Waals surface area contributed by atoms with Gasteiger partial charge < -0.3 is 5.32 Å². The minimum Gasteiger partial charge on any atom is -0.325 e. The van der Waals surface area contributed by atoms with E-state index in [0.717, 1.165) is 29.1 Å². The number of aromatic nitrogens is 2. The number of benzene rings is 1. The van der Waals surface area contributed by atoms with Gasteiger partial charge in [0.2, 0.25) is 5.91 Å².